The first-order valence-corrected chi connectivity index (χ1v) is 9.00. The number of carbonyl (C=O) groups is 2. The van der Waals surface area contributed by atoms with Gasteiger partial charge in [-0.1, -0.05) is 65.3 Å². The van der Waals surface area contributed by atoms with Gasteiger partial charge in [-0.15, -0.1) is 0 Å². The van der Waals surface area contributed by atoms with E-state index in [1.54, 1.807) is 11.0 Å². The Morgan fingerprint density at radius 3 is 2.46 bits per heavy atom. The van der Waals surface area contributed by atoms with E-state index in [1.165, 1.54) is 7.11 Å². The molecule has 0 radical (unpaired) electrons. The maximum Gasteiger partial charge on any atom is 0.307 e. The summed E-state index contributed by atoms with van der Waals surface area (Å²) in [6, 6.07) is 19.0. The number of methoxy groups -OCH3 is 1. The number of rotatable bonds is 7. The number of esters is 1. The lowest BCUT2D eigenvalue weighted by Crippen LogP contribution is -2.32. The van der Waals surface area contributed by atoms with Crippen LogP contribution in [-0.4, -0.2) is 35.6 Å². The standard InChI is InChI=1S/C22H22N2O4/c1-16-8-10-18(11-9-16)19-14-20(28-23-19)22(26)24(13-12-21(25)27-2)15-17-6-4-3-5-7-17/h3-11,14H,12-13,15H2,1-2H3. The van der Waals surface area contributed by atoms with Gasteiger partial charge in [0.25, 0.3) is 5.91 Å². The molecule has 1 amide bonds. The van der Waals surface area contributed by atoms with Crippen LogP contribution in [0.5, 0.6) is 0 Å². The first-order chi connectivity index (χ1) is 13.6. The van der Waals surface area contributed by atoms with Crippen molar-refractivity contribution >= 4 is 11.9 Å². The number of amides is 1. The molecule has 0 atom stereocenters. The Balaban J connectivity index is 1.79. The summed E-state index contributed by atoms with van der Waals surface area (Å²) in [5.74, 6) is -0.557. The molecule has 144 valence electrons. The monoisotopic (exact) mass is 378 g/mol. The molecule has 0 N–H and O–H groups in total. The van der Waals surface area contributed by atoms with E-state index >= 15 is 0 Å². The number of ether oxygens (including phenoxy) is 1. The van der Waals surface area contributed by atoms with Crippen molar-refractivity contribution in [1.82, 2.24) is 10.1 Å². The van der Waals surface area contributed by atoms with Gasteiger partial charge in [-0.3, -0.25) is 9.59 Å². The van der Waals surface area contributed by atoms with Gasteiger partial charge < -0.3 is 14.2 Å². The molecule has 0 unspecified atom stereocenters. The molecule has 28 heavy (non-hydrogen) atoms. The molecule has 0 aliphatic heterocycles. The molecular weight excluding hydrogens is 356 g/mol. The van der Waals surface area contributed by atoms with Crippen molar-refractivity contribution in [3.63, 3.8) is 0 Å². The van der Waals surface area contributed by atoms with Crippen LogP contribution in [0.15, 0.2) is 65.2 Å². The summed E-state index contributed by atoms with van der Waals surface area (Å²) >= 11 is 0. The molecule has 3 aromatic rings. The van der Waals surface area contributed by atoms with Crippen LogP contribution in [0.2, 0.25) is 0 Å². The summed E-state index contributed by atoms with van der Waals surface area (Å²) in [5.41, 5.74) is 3.56. The molecule has 3 rings (SSSR count). The molecule has 0 aliphatic carbocycles. The summed E-state index contributed by atoms with van der Waals surface area (Å²) in [6.45, 7) is 2.59. The number of benzene rings is 2. The van der Waals surface area contributed by atoms with Crippen molar-refractivity contribution in [1.29, 1.82) is 0 Å². The minimum Gasteiger partial charge on any atom is -0.469 e. The molecule has 1 heterocycles. The Bertz CT molecular complexity index is 933. The average Bonchev–Trinajstić information content (AvgIpc) is 3.21. The van der Waals surface area contributed by atoms with Gasteiger partial charge in [0.1, 0.15) is 5.69 Å². The van der Waals surface area contributed by atoms with Crippen molar-refractivity contribution in [2.75, 3.05) is 13.7 Å². The zero-order valence-electron chi connectivity index (χ0n) is 15.9. The highest BCUT2D eigenvalue weighted by molar-refractivity contribution is 5.92. The first-order valence-electron chi connectivity index (χ1n) is 9.00. The maximum atomic E-state index is 13.0. The quantitative estimate of drug-likeness (QED) is 0.584. The lowest BCUT2D eigenvalue weighted by atomic mass is 10.1. The largest absolute Gasteiger partial charge is 0.469 e. The van der Waals surface area contributed by atoms with Crippen molar-refractivity contribution in [2.45, 2.75) is 19.9 Å². The molecular formula is C22H22N2O4. The Morgan fingerprint density at radius 2 is 1.79 bits per heavy atom. The molecule has 0 spiro atoms. The summed E-state index contributed by atoms with van der Waals surface area (Å²) in [7, 11) is 1.33. The van der Waals surface area contributed by atoms with Gasteiger partial charge in [-0.2, -0.15) is 0 Å². The fourth-order valence-corrected chi connectivity index (χ4v) is 2.78. The van der Waals surface area contributed by atoms with Gasteiger partial charge >= 0.3 is 5.97 Å². The van der Waals surface area contributed by atoms with Gasteiger partial charge in [-0.05, 0) is 12.5 Å². The highest BCUT2D eigenvalue weighted by Crippen LogP contribution is 2.21. The zero-order chi connectivity index (χ0) is 19.9. The van der Waals surface area contributed by atoms with E-state index < -0.39 is 0 Å². The first kappa shape index (κ1) is 19.4. The van der Waals surface area contributed by atoms with Crippen LogP contribution in [-0.2, 0) is 16.1 Å². The molecule has 2 aromatic carbocycles. The third-order valence-electron chi connectivity index (χ3n) is 4.39. The second-order valence-corrected chi connectivity index (χ2v) is 6.48. The maximum absolute atomic E-state index is 13.0. The predicted octanol–water partition coefficient (Wildman–Crippen LogP) is 3.86. The van der Waals surface area contributed by atoms with E-state index in [1.807, 2.05) is 61.5 Å². The van der Waals surface area contributed by atoms with Crippen LogP contribution in [0.4, 0.5) is 0 Å². The van der Waals surface area contributed by atoms with Gasteiger partial charge in [-0.25, -0.2) is 0 Å². The smallest absolute Gasteiger partial charge is 0.307 e. The van der Waals surface area contributed by atoms with Crippen molar-refractivity contribution in [3.05, 3.63) is 77.6 Å². The third-order valence-corrected chi connectivity index (χ3v) is 4.39. The number of hydrogen-bond donors (Lipinski definition) is 0. The zero-order valence-corrected chi connectivity index (χ0v) is 15.9. The Hall–Kier alpha value is -3.41. The second kappa shape index (κ2) is 8.99. The lowest BCUT2D eigenvalue weighted by molar-refractivity contribution is -0.140. The Morgan fingerprint density at radius 1 is 1.07 bits per heavy atom. The molecule has 0 saturated carbocycles. The summed E-state index contributed by atoms with van der Waals surface area (Å²) < 4.78 is 10.0. The van der Waals surface area contributed by atoms with Crippen LogP contribution in [0.1, 0.15) is 28.1 Å². The van der Waals surface area contributed by atoms with Crippen LogP contribution in [0, 0.1) is 6.92 Å². The van der Waals surface area contributed by atoms with Crippen LogP contribution >= 0.6 is 0 Å². The summed E-state index contributed by atoms with van der Waals surface area (Å²) in [6.07, 6.45) is 0.105. The SMILES string of the molecule is COC(=O)CCN(Cc1ccccc1)C(=O)c1cc(-c2ccc(C)cc2)no1. The minimum atomic E-state index is -0.372. The highest BCUT2D eigenvalue weighted by Gasteiger charge is 2.22. The number of hydrogen-bond acceptors (Lipinski definition) is 5. The topological polar surface area (TPSA) is 72.6 Å². The van der Waals surface area contributed by atoms with Crippen LogP contribution in [0.3, 0.4) is 0 Å². The fourth-order valence-electron chi connectivity index (χ4n) is 2.78. The highest BCUT2D eigenvalue weighted by atomic mass is 16.5. The summed E-state index contributed by atoms with van der Waals surface area (Å²) in [4.78, 5) is 26.1. The molecule has 0 bridgehead atoms. The number of nitrogens with zero attached hydrogens (tertiary/aromatic N) is 2. The van der Waals surface area contributed by atoms with Crippen molar-refractivity contribution in [2.24, 2.45) is 0 Å². The molecule has 0 aliphatic rings. The third kappa shape index (κ3) is 4.85. The molecule has 0 saturated heterocycles. The molecule has 6 heteroatoms. The van der Waals surface area contributed by atoms with Gasteiger partial charge in [0.05, 0.1) is 13.5 Å². The molecule has 0 fully saturated rings. The van der Waals surface area contributed by atoms with Crippen LogP contribution < -0.4 is 0 Å². The van der Waals surface area contributed by atoms with E-state index in [9.17, 15) is 9.59 Å². The second-order valence-electron chi connectivity index (χ2n) is 6.48. The Labute approximate surface area is 163 Å². The Kier molecular flexibility index (Phi) is 6.22. The van der Waals surface area contributed by atoms with Gasteiger partial charge in [0.2, 0.25) is 5.76 Å². The van der Waals surface area contributed by atoms with E-state index in [4.69, 9.17) is 9.26 Å². The lowest BCUT2D eigenvalue weighted by Gasteiger charge is -2.21. The predicted molar refractivity (Wildman–Crippen MR) is 104 cm³/mol. The van der Waals surface area contributed by atoms with Gasteiger partial charge in [0.15, 0.2) is 0 Å². The molecule has 6 nitrogen and oxygen atoms in total. The van der Waals surface area contributed by atoms with E-state index in [-0.39, 0.29) is 30.6 Å². The van der Waals surface area contributed by atoms with Crippen molar-refractivity contribution in [3.8, 4) is 11.3 Å². The van der Waals surface area contributed by atoms with Gasteiger partial charge in [0, 0.05) is 24.7 Å². The average molecular weight is 378 g/mol. The molecule has 1 aromatic heterocycles. The van der Waals surface area contributed by atoms with E-state index in [0.29, 0.717) is 12.2 Å². The number of carbonyl (C=O) groups excluding carboxylic acids is 2. The fraction of sp³-hybridized carbons (Fsp3) is 0.227. The summed E-state index contributed by atoms with van der Waals surface area (Å²) in [5, 5.41) is 4.02. The number of aromatic nitrogens is 1. The van der Waals surface area contributed by atoms with E-state index in [2.05, 4.69) is 5.16 Å². The van der Waals surface area contributed by atoms with Crippen molar-refractivity contribution < 1.29 is 18.8 Å². The van der Waals surface area contributed by atoms with Crippen LogP contribution in [0.25, 0.3) is 11.3 Å². The minimum absolute atomic E-state index is 0.105. The number of aryl methyl sites for hydroxylation is 1. The van der Waals surface area contributed by atoms with E-state index in [0.717, 1.165) is 16.7 Å². The normalized spacial score (nSPS) is 10.5.